The van der Waals surface area contributed by atoms with Crippen LogP contribution in [0.15, 0.2) is 42.5 Å². The molecule has 7 heteroatoms. The van der Waals surface area contributed by atoms with Crippen LogP contribution in [0.2, 0.25) is 5.02 Å². The molecule has 0 spiro atoms. The van der Waals surface area contributed by atoms with Crippen LogP contribution in [-0.4, -0.2) is 28.6 Å². The van der Waals surface area contributed by atoms with Crippen LogP contribution < -0.4 is 5.32 Å². The summed E-state index contributed by atoms with van der Waals surface area (Å²) >= 11 is 5.84. The van der Waals surface area contributed by atoms with Gasteiger partial charge in [0.2, 0.25) is 0 Å². The second-order valence-electron chi connectivity index (χ2n) is 5.92. The van der Waals surface area contributed by atoms with E-state index in [4.69, 9.17) is 16.3 Å². The third-order valence-corrected chi connectivity index (χ3v) is 4.49. The molecule has 1 unspecified atom stereocenters. The van der Waals surface area contributed by atoms with Crippen molar-refractivity contribution >= 4 is 28.5 Å². The van der Waals surface area contributed by atoms with Crippen molar-refractivity contribution in [2.24, 2.45) is 0 Å². The van der Waals surface area contributed by atoms with Crippen molar-refractivity contribution in [3.63, 3.8) is 0 Å². The maximum Gasteiger partial charge on any atom is 0.251 e. The molecule has 1 N–H and O–H groups in total. The average Bonchev–Trinajstić information content (AvgIpc) is 2.98. The van der Waals surface area contributed by atoms with Crippen molar-refractivity contribution in [3.05, 3.63) is 64.7 Å². The molecule has 1 amide bonds. The van der Waals surface area contributed by atoms with Gasteiger partial charge in [0.15, 0.2) is 0 Å². The third kappa shape index (κ3) is 3.10. The SMILES string of the molecule is O=C(NCC1COCc2nc3cc(F)ccc3n21)c1ccc(Cl)cc1. The molecule has 0 aliphatic carbocycles. The quantitative estimate of drug-likeness (QED) is 0.780. The first-order valence-corrected chi connectivity index (χ1v) is 8.27. The van der Waals surface area contributed by atoms with Gasteiger partial charge in [0, 0.05) is 23.2 Å². The Hall–Kier alpha value is -2.44. The van der Waals surface area contributed by atoms with Gasteiger partial charge < -0.3 is 14.6 Å². The molecule has 1 aliphatic rings. The van der Waals surface area contributed by atoms with E-state index < -0.39 is 0 Å². The summed E-state index contributed by atoms with van der Waals surface area (Å²) in [7, 11) is 0. The van der Waals surface area contributed by atoms with Crippen molar-refractivity contribution in [2.75, 3.05) is 13.2 Å². The summed E-state index contributed by atoms with van der Waals surface area (Å²) in [5.74, 6) is 0.230. The highest BCUT2D eigenvalue weighted by Gasteiger charge is 2.24. The molecule has 128 valence electrons. The van der Waals surface area contributed by atoms with Crippen LogP contribution in [-0.2, 0) is 11.3 Å². The van der Waals surface area contributed by atoms with Gasteiger partial charge in [-0.1, -0.05) is 11.6 Å². The van der Waals surface area contributed by atoms with Crippen molar-refractivity contribution < 1.29 is 13.9 Å². The number of hydrogen-bond donors (Lipinski definition) is 1. The lowest BCUT2D eigenvalue weighted by Crippen LogP contribution is -2.35. The lowest BCUT2D eigenvalue weighted by molar-refractivity contribution is 0.0553. The van der Waals surface area contributed by atoms with E-state index in [1.54, 1.807) is 30.3 Å². The fourth-order valence-electron chi connectivity index (χ4n) is 3.06. The highest BCUT2D eigenvalue weighted by atomic mass is 35.5. The molecular weight excluding hydrogens is 345 g/mol. The predicted molar refractivity (Wildman–Crippen MR) is 92.2 cm³/mol. The summed E-state index contributed by atoms with van der Waals surface area (Å²) in [6.45, 7) is 1.21. The summed E-state index contributed by atoms with van der Waals surface area (Å²) in [6, 6.07) is 11.1. The lowest BCUT2D eigenvalue weighted by atomic mass is 10.2. The minimum absolute atomic E-state index is 0.101. The first-order chi connectivity index (χ1) is 12.1. The number of hydrogen-bond acceptors (Lipinski definition) is 3. The first-order valence-electron chi connectivity index (χ1n) is 7.90. The number of aromatic nitrogens is 2. The Morgan fingerprint density at radius 1 is 1.32 bits per heavy atom. The van der Waals surface area contributed by atoms with Crippen LogP contribution in [0.25, 0.3) is 11.0 Å². The molecule has 5 nitrogen and oxygen atoms in total. The summed E-state index contributed by atoms with van der Waals surface area (Å²) in [6.07, 6.45) is 0. The average molecular weight is 360 g/mol. The molecule has 1 atom stereocenters. The van der Waals surface area contributed by atoms with Crippen molar-refractivity contribution in [1.29, 1.82) is 0 Å². The molecule has 2 heterocycles. The van der Waals surface area contributed by atoms with E-state index in [-0.39, 0.29) is 17.8 Å². The summed E-state index contributed by atoms with van der Waals surface area (Å²) < 4.78 is 21.0. The molecule has 0 fully saturated rings. The number of imidazole rings is 1. The van der Waals surface area contributed by atoms with Gasteiger partial charge in [0.25, 0.3) is 5.91 Å². The van der Waals surface area contributed by atoms with Crippen LogP contribution in [0.1, 0.15) is 22.2 Å². The smallest absolute Gasteiger partial charge is 0.251 e. The van der Waals surface area contributed by atoms with Crippen LogP contribution in [0.3, 0.4) is 0 Å². The zero-order chi connectivity index (χ0) is 17.4. The highest BCUT2D eigenvalue weighted by Crippen LogP contribution is 2.26. The standard InChI is InChI=1S/C18H15ClFN3O2/c19-12-3-1-11(2-4-12)18(24)21-8-14-9-25-10-17-22-15-7-13(20)5-6-16(15)23(14)17/h1-7,14H,8-10H2,(H,21,24). The van der Waals surface area contributed by atoms with E-state index in [0.29, 0.717) is 35.9 Å². The zero-order valence-corrected chi connectivity index (χ0v) is 14.0. The van der Waals surface area contributed by atoms with Gasteiger partial charge in [-0.15, -0.1) is 0 Å². The minimum Gasteiger partial charge on any atom is -0.371 e. The number of halogens is 2. The largest absolute Gasteiger partial charge is 0.371 e. The van der Waals surface area contributed by atoms with Crippen molar-refractivity contribution in [2.45, 2.75) is 12.6 Å². The number of nitrogens with zero attached hydrogens (tertiary/aromatic N) is 2. The fourth-order valence-corrected chi connectivity index (χ4v) is 3.18. The van der Waals surface area contributed by atoms with Gasteiger partial charge in [-0.2, -0.15) is 0 Å². The molecule has 1 aliphatic heterocycles. The Bertz CT molecular complexity index is 939. The number of amides is 1. The number of carbonyl (C=O) groups is 1. The second kappa shape index (κ2) is 6.46. The third-order valence-electron chi connectivity index (χ3n) is 4.24. The first kappa shape index (κ1) is 16.1. The zero-order valence-electron chi connectivity index (χ0n) is 13.2. The van der Waals surface area contributed by atoms with Crippen LogP contribution in [0.5, 0.6) is 0 Å². The Morgan fingerprint density at radius 3 is 2.92 bits per heavy atom. The van der Waals surface area contributed by atoms with E-state index in [9.17, 15) is 9.18 Å². The molecule has 1 aromatic heterocycles. The van der Waals surface area contributed by atoms with E-state index in [1.165, 1.54) is 12.1 Å². The normalized spacial score (nSPS) is 16.6. The molecule has 25 heavy (non-hydrogen) atoms. The Labute approximate surface area is 148 Å². The van der Waals surface area contributed by atoms with Gasteiger partial charge in [0.1, 0.15) is 18.2 Å². The molecular formula is C18H15ClFN3O2. The topological polar surface area (TPSA) is 56.1 Å². The molecule has 2 aromatic carbocycles. The van der Waals surface area contributed by atoms with Gasteiger partial charge in [0.05, 0.1) is 23.7 Å². The van der Waals surface area contributed by atoms with Gasteiger partial charge >= 0.3 is 0 Å². The monoisotopic (exact) mass is 359 g/mol. The molecule has 0 radical (unpaired) electrons. The van der Waals surface area contributed by atoms with E-state index >= 15 is 0 Å². The van der Waals surface area contributed by atoms with Crippen LogP contribution in [0, 0.1) is 5.82 Å². The molecule has 0 saturated carbocycles. The summed E-state index contributed by atoms with van der Waals surface area (Å²) in [5, 5.41) is 3.49. The summed E-state index contributed by atoms with van der Waals surface area (Å²) in [5.41, 5.74) is 1.97. The maximum absolute atomic E-state index is 13.4. The van der Waals surface area contributed by atoms with E-state index in [2.05, 4.69) is 10.3 Å². The van der Waals surface area contributed by atoms with Crippen molar-refractivity contribution in [1.82, 2.24) is 14.9 Å². The maximum atomic E-state index is 13.4. The van der Waals surface area contributed by atoms with Gasteiger partial charge in [-0.3, -0.25) is 4.79 Å². The van der Waals surface area contributed by atoms with Gasteiger partial charge in [-0.25, -0.2) is 9.37 Å². The Balaban J connectivity index is 1.56. The van der Waals surface area contributed by atoms with Crippen LogP contribution >= 0.6 is 11.6 Å². The van der Waals surface area contributed by atoms with E-state index in [1.807, 2.05) is 4.57 Å². The predicted octanol–water partition coefficient (Wildman–Crippen LogP) is 3.33. The van der Waals surface area contributed by atoms with Crippen molar-refractivity contribution in [3.8, 4) is 0 Å². The number of ether oxygens (including phenoxy) is 1. The minimum atomic E-state index is -0.323. The number of benzene rings is 2. The lowest BCUT2D eigenvalue weighted by Gasteiger charge is -2.26. The van der Waals surface area contributed by atoms with E-state index in [0.717, 1.165) is 11.3 Å². The highest BCUT2D eigenvalue weighted by molar-refractivity contribution is 6.30. The Morgan fingerprint density at radius 2 is 2.12 bits per heavy atom. The van der Waals surface area contributed by atoms with Gasteiger partial charge in [-0.05, 0) is 36.4 Å². The molecule has 3 aromatic rings. The number of nitrogens with one attached hydrogen (secondary N) is 1. The molecule has 0 bridgehead atoms. The van der Waals surface area contributed by atoms with Crippen LogP contribution in [0.4, 0.5) is 4.39 Å². The number of rotatable bonds is 3. The Kier molecular flexibility index (Phi) is 4.15. The molecule has 0 saturated heterocycles. The number of fused-ring (bicyclic) bond motifs is 3. The molecule has 4 rings (SSSR count). The fraction of sp³-hybridized carbons (Fsp3) is 0.222. The summed E-state index contributed by atoms with van der Waals surface area (Å²) in [4.78, 5) is 16.7. The number of carbonyl (C=O) groups excluding carboxylic acids is 1. The second-order valence-corrected chi connectivity index (χ2v) is 6.35.